The molecule has 6 amide bonds. The van der Waals surface area contributed by atoms with Crippen LogP contribution in [0.3, 0.4) is 0 Å². The van der Waals surface area contributed by atoms with Gasteiger partial charge in [0.1, 0.15) is 66.8 Å². The number of fused-ring (bicyclic) bond motifs is 1. The van der Waals surface area contributed by atoms with Crippen molar-refractivity contribution in [2.45, 2.75) is 182 Å². The number of nitrogen functional groups attached to an aromatic ring is 1. The third-order valence-electron chi connectivity index (χ3n) is 15.6. The minimum atomic E-state index is -2.11. The third-order valence-corrected chi connectivity index (χ3v) is 15.6. The second kappa shape index (κ2) is 42.5. The lowest BCUT2D eigenvalue weighted by Crippen LogP contribution is -2.49. The number of nitrogens with zero attached hydrogens (tertiary/aromatic N) is 3. The van der Waals surface area contributed by atoms with Gasteiger partial charge in [-0.2, -0.15) is 4.98 Å². The van der Waals surface area contributed by atoms with E-state index in [1.807, 2.05) is 0 Å². The third kappa shape index (κ3) is 29.1. The predicted molar refractivity (Wildman–Crippen MR) is 337 cm³/mol. The number of hydrogen-bond donors (Lipinski definition) is 26. The smallest absolute Gasteiger partial charge is 0.326 e. The van der Waals surface area contributed by atoms with Crippen LogP contribution in [-0.2, 0) is 49.7 Å². The number of rotatable bonds is 48. The molecule has 17 atom stereocenters. The number of anilines is 2. The summed E-state index contributed by atoms with van der Waals surface area (Å²) in [6, 6.07) is 1.09. The molecule has 0 fully saturated rings. The quantitative estimate of drug-likeness (QED) is 0.0250. The second-order valence-corrected chi connectivity index (χ2v) is 23.5. The van der Waals surface area contributed by atoms with E-state index < -0.39 is 271 Å². The van der Waals surface area contributed by atoms with E-state index in [4.69, 9.17) is 21.1 Å². The Morgan fingerprint density at radius 3 is 1.43 bits per heavy atom. The summed E-state index contributed by atoms with van der Waals surface area (Å²) >= 11 is 0. The van der Waals surface area contributed by atoms with Crippen LogP contribution >= 0.6 is 0 Å². The van der Waals surface area contributed by atoms with Crippen LogP contribution in [0.1, 0.15) is 100 Å². The maximum absolute atomic E-state index is 14.4. The van der Waals surface area contributed by atoms with Crippen molar-refractivity contribution < 1.29 is 135 Å². The zero-order valence-corrected chi connectivity index (χ0v) is 53.6. The number of H-pyrrole nitrogens is 1. The van der Waals surface area contributed by atoms with Crippen molar-refractivity contribution >= 4 is 81.7 Å². The normalized spacial score (nSPS) is 16.7. The lowest BCUT2D eigenvalue weighted by Gasteiger charge is -2.26. The molecule has 554 valence electrons. The van der Waals surface area contributed by atoms with E-state index in [0.717, 1.165) is 0 Å². The first-order valence-electron chi connectivity index (χ1n) is 31.2. The van der Waals surface area contributed by atoms with E-state index in [1.54, 1.807) is 0 Å². The van der Waals surface area contributed by atoms with Gasteiger partial charge in [0.2, 0.25) is 35.5 Å². The van der Waals surface area contributed by atoms with Crippen LogP contribution in [-0.4, -0.2) is 297 Å². The first-order valence-corrected chi connectivity index (χ1v) is 31.2. The molecule has 3 rings (SSSR count). The molecule has 0 unspecified atom stereocenters. The van der Waals surface area contributed by atoms with Crippen LogP contribution in [0, 0.1) is 11.8 Å². The Hall–Kier alpha value is -8.46. The molecule has 27 N–H and O–H groups in total. The van der Waals surface area contributed by atoms with Crippen molar-refractivity contribution in [3.8, 4) is 0 Å². The van der Waals surface area contributed by atoms with E-state index in [9.17, 15) is 124 Å². The number of carboxylic acids is 2. The summed E-state index contributed by atoms with van der Waals surface area (Å²) in [7, 11) is 0. The summed E-state index contributed by atoms with van der Waals surface area (Å²) < 4.78 is 0. The molecule has 1 aromatic carbocycles. The van der Waals surface area contributed by atoms with Crippen LogP contribution in [0.4, 0.5) is 11.6 Å². The number of aliphatic hydroxyl groups excluding tert-OH is 15. The van der Waals surface area contributed by atoms with Crippen molar-refractivity contribution in [3.63, 3.8) is 0 Å². The Morgan fingerprint density at radius 2 is 0.970 bits per heavy atom. The van der Waals surface area contributed by atoms with Gasteiger partial charge in [0.25, 0.3) is 11.5 Å². The average Bonchev–Trinajstić information content (AvgIpc) is 0.882. The summed E-state index contributed by atoms with van der Waals surface area (Å²) in [6.07, 6.45) is -29.9. The molecule has 0 spiro atoms. The van der Waals surface area contributed by atoms with Gasteiger partial charge in [-0.25, -0.2) is 14.8 Å². The molecule has 0 saturated carbocycles. The van der Waals surface area contributed by atoms with E-state index >= 15 is 0 Å². The highest BCUT2D eigenvalue weighted by Gasteiger charge is 2.36. The molecule has 0 saturated heterocycles. The van der Waals surface area contributed by atoms with Crippen molar-refractivity contribution in [1.29, 1.82) is 0 Å². The Balaban J connectivity index is 1.87. The van der Waals surface area contributed by atoms with Crippen molar-refractivity contribution in [3.05, 3.63) is 52.1 Å². The molecule has 0 bridgehead atoms. The maximum atomic E-state index is 14.4. The van der Waals surface area contributed by atoms with Gasteiger partial charge < -0.3 is 130 Å². The first kappa shape index (κ1) is 84.8. The minimum Gasteiger partial charge on any atom is -0.481 e. The van der Waals surface area contributed by atoms with Crippen LogP contribution in [0.2, 0.25) is 0 Å². The van der Waals surface area contributed by atoms with Gasteiger partial charge in [0.05, 0.1) is 62.6 Å². The lowest BCUT2D eigenvalue weighted by molar-refractivity contribution is -0.140. The summed E-state index contributed by atoms with van der Waals surface area (Å²) in [4.78, 5) is 160. The molecular formula is C59H90N12O28. The molecule has 0 aliphatic carbocycles. The van der Waals surface area contributed by atoms with Gasteiger partial charge in [-0.05, 0) is 63.3 Å². The fourth-order valence-corrected chi connectivity index (χ4v) is 9.44. The van der Waals surface area contributed by atoms with Crippen LogP contribution in [0.25, 0.3) is 11.2 Å². The minimum absolute atomic E-state index is 0.0153. The molecular weight excluding hydrogens is 1320 g/mol. The fourth-order valence-electron chi connectivity index (χ4n) is 9.44. The lowest BCUT2D eigenvalue weighted by atomic mass is 9.90. The average molecular weight is 1420 g/mol. The number of aromatic amines is 1. The second-order valence-electron chi connectivity index (χ2n) is 23.5. The number of Topliss-reactive ketones (excluding diaryl/α,β-unsaturated/α-hetero) is 2. The molecule has 3 aromatic rings. The highest BCUT2D eigenvalue weighted by Crippen LogP contribution is 2.21. The molecule has 40 heteroatoms. The monoisotopic (exact) mass is 1410 g/mol. The zero-order chi connectivity index (χ0) is 74.4. The van der Waals surface area contributed by atoms with Gasteiger partial charge in [0, 0.05) is 93.7 Å². The number of ketones is 2. The maximum Gasteiger partial charge on any atom is 0.326 e. The van der Waals surface area contributed by atoms with Crippen molar-refractivity contribution in [2.24, 2.45) is 11.8 Å². The Kier molecular flexibility index (Phi) is 36.4. The van der Waals surface area contributed by atoms with Gasteiger partial charge in [-0.1, -0.05) is 0 Å². The molecule has 0 aliphatic rings. The van der Waals surface area contributed by atoms with E-state index in [-0.39, 0.29) is 42.1 Å². The number of amides is 6. The number of nitrogens with two attached hydrogens (primary N) is 1. The molecule has 2 heterocycles. The summed E-state index contributed by atoms with van der Waals surface area (Å²) in [5.74, 6) is -14.1. The summed E-state index contributed by atoms with van der Waals surface area (Å²) in [6.45, 7) is -3.77. The number of aliphatic carboxylic acids is 2. The standard InChI is InChI=1S/C59H90N12O28/c1-26(2-12-42(83)62-20-36(77)47(88)50(91)39(80)23-72)66-55(95)29(6-14-44(85)64-22-38(79)49(90)52(93)41(82)25-74)17-35(76)33(11-15-45(86)87)68-56(96)28(5-13-43(84)63-21-37(78)48(89)51(92)40(81)24-73)16-32(75)9-10-34(58(98)99)69-54(94)27-3-7-30(8-4-27)61-18-31-19-65-53-46(67-31)57(97)71-59(60)70-53/h3-4,7-8,19,26,28-29,33-34,36-41,47-52,61,72-74,77-82,88-93H,2,5-6,9-18,20-25H2,1H3,(H,62,83)(H,63,84)(H,64,85)(H,66,95)(H,68,96)(H,69,94)(H,86,87)(H,98,99)(H3,60,65,70,71,97)/t26-,28-,29-,33+,34+,36+,37+,38+,39-,40-,41-,47-,48-,49-,50-,51-,52-/m1/s1. The molecule has 0 radical (unpaired) electrons. The molecule has 40 nitrogen and oxygen atoms in total. The number of benzene rings is 1. The van der Waals surface area contributed by atoms with Gasteiger partial charge in [-0.15, -0.1) is 0 Å². The van der Waals surface area contributed by atoms with E-state index in [2.05, 4.69) is 57.2 Å². The topological polar surface area (TPSA) is 696 Å². The van der Waals surface area contributed by atoms with E-state index in [1.165, 1.54) is 37.4 Å². The first-order chi connectivity index (χ1) is 46.6. The summed E-state index contributed by atoms with van der Waals surface area (Å²) in [5.41, 5.74) is 5.62. The number of carbonyl (C=O) groups is 10. The van der Waals surface area contributed by atoms with Gasteiger partial charge in [0.15, 0.2) is 16.9 Å². The van der Waals surface area contributed by atoms with Crippen LogP contribution < -0.4 is 48.5 Å². The highest BCUT2D eigenvalue weighted by molar-refractivity contribution is 5.97. The number of nitrogens with one attached hydrogen (secondary N) is 8. The number of aliphatic hydroxyl groups is 15. The molecule has 0 aliphatic heterocycles. The highest BCUT2D eigenvalue weighted by atomic mass is 16.4. The predicted octanol–water partition coefficient (Wildman–Crippen LogP) is -10.1. The van der Waals surface area contributed by atoms with Crippen LogP contribution in [0.5, 0.6) is 0 Å². The Labute approximate surface area is 563 Å². The SMILES string of the molecule is C[C@H](CCC(=O)NC[C@H](O)[C@@H](O)[C@H](O)[C@H](O)CO)NC(=O)[C@H](CCC(=O)NC[C@H](O)[C@@H](O)[C@H](O)[C@H](O)CO)CC(=O)[C@H](CCC(=O)O)NC(=O)[C@H](CCC(=O)NC[C@H](O)[C@@H](O)[C@H](O)[C@H](O)CO)CC(=O)CC[C@H](NC(=O)c1ccc(NCc2cnc3nc(N)[nH]c(=O)c3n2)cc1)C(=O)O. The largest absolute Gasteiger partial charge is 0.481 e. The van der Waals surface area contributed by atoms with Crippen molar-refractivity contribution in [1.82, 2.24) is 51.8 Å². The molecule has 99 heavy (non-hydrogen) atoms. The Bertz CT molecular complexity index is 3210. The fraction of sp³-hybridized carbons (Fsp3) is 0.627. The number of hydrogen-bond acceptors (Lipinski definition) is 31. The molecule has 2 aromatic heterocycles. The summed E-state index contributed by atoms with van der Waals surface area (Å²) in [5, 5.41) is 184. The zero-order valence-electron chi connectivity index (χ0n) is 53.6. The number of carbonyl (C=O) groups excluding carboxylic acids is 8. The van der Waals surface area contributed by atoms with Crippen LogP contribution in [0.15, 0.2) is 35.3 Å². The van der Waals surface area contributed by atoms with Gasteiger partial charge in [-0.3, -0.25) is 52.9 Å². The van der Waals surface area contributed by atoms with E-state index in [0.29, 0.717) is 11.4 Å². The number of aromatic nitrogens is 4. The Morgan fingerprint density at radius 1 is 0.525 bits per heavy atom. The van der Waals surface area contributed by atoms with Crippen molar-refractivity contribution in [2.75, 3.05) is 50.5 Å². The number of carboxylic acid groups (broad SMARTS) is 2. The van der Waals surface area contributed by atoms with Gasteiger partial charge >= 0.3 is 11.9 Å².